The second-order valence-corrected chi connectivity index (χ2v) is 6.65. The second kappa shape index (κ2) is 5.01. The third-order valence-corrected chi connectivity index (χ3v) is 4.50. The third-order valence-electron chi connectivity index (χ3n) is 2.49. The molecular formula is C12H12BrF3N2S. The van der Waals surface area contributed by atoms with Gasteiger partial charge in [0.1, 0.15) is 0 Å². The Bertz CT molecular complexity index is 526. The Labute approximate surface area is 122 Å². The fourth-order valence-electron chi connectivity index (χ4n) is 1.59. The van der Waals surface area contributed by atoms with Crippen LogP contribution >= 0.6 is 27.7 Å². The molecule has 1 aromatic rings. The minimum atomic E-state index is -4.37. The van der Waals surface area contributed by atoms with Gasteiger partial charge in [0.15, 0.2) is 5.17 Å². The fourth-order valence-corrected chi connectivity index (χ4v) is 3.12. The van der Waals surface area contributed by atoms with Crippen molar-refractivity contribution in [2.24, 2.45) is 4.99 Å². The van der Waals surface area contributed by atoms with Crippen LogP contribution in [0.25, 0.3) is 0 Å². The Morgan fingerprint density at radius 3 is 2.58 bits per heavy atom. The smallest absolute Gasteiger partial charge is 0.335 e. The molecule has 0 fully saturated rings. The molecule has 1 heterocycles. The van der Waals surface area contributed by atoms with Gasteiger partial charge in [-0.15, -0.1) is 0 Å². The van der Waals surface area contributed by atoms with Gasteiger partial charge in [-0.2, -0.15) is 13.2 Å². The molecule has 1 aliphatic heterocycles. The Balaban J connectivity index is 2.24. The van der Waals surface area contributed by atoms with Gasteiger partial charge in [0.25, 0.3) is 0 Å². The summed E-state index contributed by atoms with van der Waals surface area (Å²) in [7, 11) is 0. The molecule has 0 unspecified atom stereocenters. The molecule has 2 rings (SSSR count). The highest BCUT2D eigenvalue weighted by atomic mass is 79.9. The van der Waals surface area contributed by atoms with E-state index in [1.165, 1.54) is 17.8 Å². The molecule has 1 N–H and O–H groups in total. The Kier molecular flexibility index (Phi) is 3.88. The fraction of sp³-hybridized carbons (Fsp3) is 0.417. The molecule has 0 saturated heterocycles. The molecule has 0 atom stereocenters. The number of benzene rings is 1. The van der Waals surface area contributed by atoms with Gasteiger partial charge >= 0.3 is 6.18 Å². The van der Waals surface area contributed by atoms with Crippen molar-refractivity contribution in [2.45, 2.75) is 25.6 Å². The zero-order valence-corrected chi connectivity index (χ0v) is 12.7. The molecule has 2 nitrogen and oxygen atoms in total. The van der Waals surface area contributed by atoms with Crippen molar-refractivity contribution in [3.63, 3.8) is 0 Å². The second-order valence-electron chi connectivity index (χ2n) is 4.84. The molecule has 0 bridgehead atoms. The van der Waals surface area contributed by atoms with Gasteiger partial charge in [0.2, 0.25) is 0 Å². The van der Waals surface area contributed by atoms with Crippen LogP contribution in [0.15, 0.2) is 27.7 Å². The first kappa shape index (κ1) is 14.7. The summed E-state index contributed by atoms with van der Waals surface area (Å²) >= 11 is 4.42. The van der Waals surface area contributed by atoms with Crippen molar-refractivity contribution in [3.05, 3.63) is 28.2 Å². The summed E-state index contributed by atoms with van der Waals surface area (Å²) in [6.45, 7) is 3.97. The predicted octanol–water partition coefficient (Wildman–Crippen LogP) is 4.76. The quantitative estimate of drug-likeness (QED) is 0.787. The molecule has 0 aliphatic carbocycles. The van der Waals surface area contributed by atoms with Gasteiger partial charge in [-0.1, -0.05) is 27.7 Å². The number of rotatable bonds is 1. The van der Waals surface area contributed by atoms with Crippen molar-refractivity contribution in [2.75, 3.05) is 11.1 Å². The van der Waals surface area contributed by atoms with Crippen molar-refractivity contribution in [3.8, 4) is 0 Å². The largest absolute Gasteiger partial charge is 0.417 e. The van der Waals surface area contributed by atoms with E-state index in [0.717, 1.165) is 11.8 Å². The van der Waals surface area contributed by atoms with Crippen molar-refractivity contribution >= 4 is 38.5 Å². The van der Waals surface area contributed by atoms with E-state index in [9.17, 15) is 13.2 Å². The maximum Gasteiger partial charge on any atom is 0.417 e. The van der Waals surface area contributed by atoms with Crippen molar-refractivity contribution in [1.82, 2.24) is 0 Å². The van der Waals surface area contributed by atoms with Crippen LogP contribution in [0.1, 0.15) is 19.4 Å². The van der Waals surface area contributed by atoms with Gasteiger partial charge in [-0.05, 0) is 32.0 Å². The minimum absolute atomic E-state index is 0.0342. The Hall–Kier alpha value is -0.690. The zero-order chi connectivity index (χ0) is 14.3. The van der Waals surface area contributed by atoms with Gasteiger partial charge in [-0.3, -0.25) is 4.99 Å². The van der Waals surface area contributed by atoms with Crippen molar-refractivity contribution in [1.29, 1.82) is 0 Å². The SMILES string of the molecule is CC1(C)CSC(Nc2ccc(Br)c(C(F)(F)F)c2)=N1. The van der Waals surface area contributed by atoms with E-state index in [0.29, 0.717) is 10.9 Å². The van der Waals surface area contributed by atoms with E-state index in [1.807, 2.05) is 13.8 Å². The standard InChI is InChI=1S/C12H12BrF3N2S/c1-11(2)6-19-10(18-11)17-7-3-4-9(13)8(5-7)12(14,15)16/h3-5H,6H2,1-2H3,(H,17,18). The number of nitrogens with one attached hydrogen (secondary N) is 1. The molecule has 104 valence electrons. The normalized spacial score (nSPS) is 18.3. The first-order valence-electron chi connectivity index (χ1n) is 5.54. The third kappa shape index (κ3) is 3.66. The summed E-state index contributed by atoms with van der Waals surface area (Å²) in [6.07, 6.45) is -4.37. The molecule has 0 saturated carbocycles. The molecule has 0 aromatic heterocycles. The van der Waals surface area contributed by atoms with Gasteiger partial charge in [-0.25, -0.2) is 0 Å². The summed E-state index contributed by atoms with van der Waals surface area (Å²) in [5.74, 6) is 0.817. The van der Waals surface area contributed by atoms with Crippen LogP contribution in [-0.2, 0) is 6.18 Å². The van der Waals surface area contributed by atoms with Crippen LogP contribution in [0.3, 0.4) is 0 Å². The van der Waals surface area contributed by atoms with E-state index < -0.39 is 11.7 Å². The average Bonchev–Trinajstić information content (AvgIpc) is 2.59. The minimum Gasteiger partial charge on any atom is -0.335 e. The van der Waals surface area contributed by atoms with Crippen LogP contribution in [-0.4, -0.2) is 16.5 Å². The lowest BCUT2D eigenvalue weighted by atomic mass is 10.1. The monoisotopic (exact) mass is 352 g/mol. The molecule has 0 spiro atoms. The number of alkyl halides is 3. The number of amidine groups is 1. The molecule has 1 aliphatic rings. The number of thioether (sulfide) groups is 1. The number of anilines is 1. The molecule has 0 amide bonds. The van der Waals surface area contributed by atoms with Gasteiger partial charge in [0.05, 0.1) is 11.1 Å². The number of halogens is 4. The van der Waals surface area contributed by atoms with E-state index >= 15 is 0 Å². The lowest BCUT2D eigenvalue weighted by Gasteiger charge is -2.12. The molecule has 19 heavy (non-hydrogen) atoms. The average molecular weight is 353 g/mol. The van der Waals surface area contributed by atoms with E-state index in [1.54, 1.807) is 6.07 Å². The number of nitrogens with zero attached hydrogens (tertiary/aromatic N) is 1. The summed E-state index contributed by atoms with van der Waals surface area (Å²) < 4.78 is 38.4. The van der Waals surface area contributed by atoms with Crippen LogP contribution in [0.2, 0.25) is 0 Å². The van der Waals surface area contributed by atoms with Gasteiger partial charge in [0, 0.05) is 15.9 Å². The highest BCUT2D eigenvalue weighted by Crippen LogP contribution is 2.37. The highest BCUT2D eigenvalue weighted by Gasteiger charge is 2.33. The first-order chi connectivity index (χ1) is 8.67. The molecule has 0 radical (unpaired) electrons. The summed E-state index contributed by atoms with van der Waals surface area (Å²) in [5.41, 5.74) is -0.477. The molecule has 7 heteroatoms. The zero-order valence-electron chi connectivity index (χ0n) is 10.3. The maximum absolute atomic E-state index is 12.8. The van der Waals surface area contributed by atoms with E-state index in [-0.39, 0.29) is 10.0 Å². The lowest BCUT2D eigenvalue weighted by Crippen LogP contribution is -2.15. The van der Waals surface area contributed by atoms with Gasteiger partial charge < -0.3 is 5.32 Å². The highest BCUT2D eigenvalue weighted by molar-refractivity contribution is 9.10. The van der Waals surface area contributed by atoms with E-state index in [2.05, 4.69) is 26.2 Å². The summed E-state index contributed by atoms with van der Waals surface area (Å²) in [4.78, 5) is 4.41. The van der Waals surface area contributed by atoms with Crippen LogP contribution in [0, 0.1) is 0 Å². The van der Waals surface area contributed by atoms with Crippen LogP contribution in [0.4, 0.5) is 18.9 Å². The topological polar surface area (TPSA) is 24.4 Å². The summed E-state index contributed by atoms with van der Waals surface area (Å²) in [6, 6.07) is 4.06. The lowest BCUT2D eigenvalue weighted by molar-refractivity contribution is -0.138. The summed E-state index contributed by atoms with van der Waals surface area (Å²) in [5, 5.41) is 3.58. The Morgan fingerprint density at radius 2 is 2.05 bits per heavy atom. The first-order valence-corrected chi connectivity index (χ1v) is 7.32. The maximum atomic E-state index is 12.8. The molecule has 1 aromatic carbocycles. The number of aliphatic imine (C=N–C) groups is 1. The van der Waals surface area contributed by atoms with E-state index in [4.69, 9.17) is 0 Å². The molecular weight excluding hydrogens is 341 g/mol. The number of hydrogen-bond donors (Lipinski definition) is 1. The van der Waals surface area contributed by atoms with Crippen LogP contribution in [0.5, 0.6) is 0 Å². The number of hydrogen-bond acceptors (Lipinski definition) is 3. The van der Waals surface area contributed by atoms with Crippen molar-refractivity contribution < 1.29 is 13.2 Å². The predicted molar refractivity (Wildman–Crippen MR) is 76.7 cm³/mol. The Morgan fingerprint density at radius 1 is 1.37 bits per heavy atom. The van der Waals surface area contributed by atoms with Crippen LogP contribution < -0.4 is 5.32 Å².